The van der Waals surface area contributed by atoms with Crippen LogP contribution in [-0.2, 0) is 22.4 Å². The van der Waals surface area contributed by atoms with Gasteiger partial charge >= 0.3 is 0 Å². The lowest BCUT2D eigenvalue weighted by Crippen LogP contribution is -2.34. The fraction of sp³-hybridized carbons (Fsp3) is 0.286. The molecule has 0 radical (unpaired) electrons. The predicted octanol–water partition coefficient (Wildman–Crippen LogP) is 4.97. The third-order valence-electron chi connectivity index (χ3n) is 4.29. The first-order valence-corrected chi connectivity index (χ1v) is 10.3. The molecule has 2 aromatic carbocycles. The highest BCUT2D eigenvalue weighted by Gasteiger charge is 2.11. The zero-order valence-corrected chi connectivity index (χ0v) is 17.1. The molecule has 5 heteroatoms. The summed E-state index contributed by atoms with van der Waals surface area (Å²) in [5, 5.41) is 4.22. The number of carbonyl (C=O) groups excluding carboxylic acids is 1. The minimum atomic E-state index is -0.0111. The Labute approximate surface area is 166 Å². The molecule has 1 aromatic heterocycles. The molecular formula is C21H22BrNO2S. The number of hydrogen-bond acceptors (Lipinski definition) is 3. The normalized spacial score (nSPS) is 12.2. The van der Waals surface area contributed by atoms with Crippen LogP contribution in [0.15, 0.2) is 59.1 Å². The first-order chi connectivity index (χ1) is 12.6. The van der Waals surface area contributed by atoms with E-state index in [2.05, 4.69) is 51.6 Å². The fourth-order valence-electron chi connectivity index (χ4n) is 2.86. The molecule has 0 unspecified atom stereocenters. The minimum Gasteiger partial charge on any atom is -0.379 e. The van der Waals surface area contributed by atoms with Gasteiger partial charge in [0.15, 0.2) is 0 Å². The molecule has 0 saturated heterocycles. The molecule has 3 rings (SSSR count). The van der Waals surface area contributed by atoms with Gasteiger partial charge in [-0.25, -0.2) is 0 Å². The van der Waals surface area contributed by atoms with E-state index in [1.54, 1.807) is 18.4 Å². The highest BCUT2D eigenvalue weighted by molar-refractivity contribution is 9.10. The summed E-state index contributed by atoms with van der Waals surface area (Å²) >= 11 is 5.25. The number of rotatable bonds is 8. The van der Waals surface area contributed by atoms with Crippen molar-refractivity contribution in [3.63, 3.8) is 0 Å². The van der Waals surface area contributed by atoms with Gasteiger partial charge in [0.05, 0.1) is 6.10 Å². The number of ether oxygens (including phenoxy) is 1. The highest BCUT2D eigenvalue weighted by Crippen LogP contribution is 2.28. The third kappa shape index (κ3) is 5.40. The maximum Gasteiger partial charge on any atom is 0.220 e. The van der Waals surface area contributed by atoms with Gasteiger partial charge in [-0.2, -0.15) is 0 Å². The predicted molar refractivity (Wildman–Crippen MR) is 112 cm³/mol. The van der Waals surface area contributed by atoms with Crippen LogP contribution in [0.1, 0.15) is 16.9 Å². The van der Waals surface area contributed by atoms with E-state index in [4.69, 9.17) is 4.74 Å². The van der Waals surface area contributed by atoms with Crippen LogP contribution < -0.4 is 5.32 Å². The number of aryl methyl sites for hydroxylation is 1. The molecule has 0 aliphatic carbocycles. The Morgan fingerprint density at radius 2 is 2.00 bits per heavy atom. The van der Waals surface area contributed by atoms with Gasteiger partial charge in [-0.15, -0.1) is 11.3 Å². The number of nitrogens with one attached hydrogen (secondary N) is 1. The molecule has 136 valence electrons. The van der Waals surface area contributed by atoms with Gasteiger partial charge in [-0.3, -0.25) is 4.79 Å². The second kappa shape index (κ2) is 9.31. The van der Waals surface area contributed by atoms with E-state index in [1.807, 2.05) is 24.3 Å². The summed E-state index contributed by atoms with van der Waals surface area (Å²) in [6, 6.07) is 18.6. The first-order valence-electron chi connectivity index (χ1n) is 8.65. The van der Waals surface area contributed by atoms with E-state index in [-0.39, 0.29) is 12.0 Å². The summed E-state index contributed by atoms with van der Waals surface area (Å²) in [6.07, 6.45) is 2.04. The van der Waals surface area contributed by atoms with E-state index in [9.17, 15) is 4.79 Å². The van der Waals surface area contributed by atoms with Gasteiger partial charge in [0.1, 0.15) is 0 Å². The van der Waals surface area contributed by atoms with E-state index in [1.165, 1.54) is 20.5 Å². The van der Waals surface area contributed by atoms with Gasteiger partial charge < -0.3 is 10.1 Å². The van der Waals surface area contributed by atoms with Crippen molar-refractivity contribution in [2.24, 2.45) is 0 Å². The molecule has 0 fully saturated rings. The zero-order chi connectivity index (χ0) is 18.4. The third-order valence-corrected chi connectivity index (χ3v) is 5.96. The quantitative estimate of drug-likeness (QED) is 0.546. The average Bonchev–Trinajstić information content (AvgIpc) is 3.06. The number of thiophene rings is 1. The van der Waals surface area contributed by atoms with Crippen LogP contribution in [0.5, 0.6) is 0 Å². The van der Waals surface area contributed by atoms with Gasteiger partial charge in [0.25, 0.3) is 0 Å². The Kier molecular flexibility index (Phi) is 6.83. The van der Waals surface area contributed by atoms with Crippen molar-refractivity contribution >= 4 is 43.3 Å². The molecule has 3 nitrogen and oxygen atoms in total. The number of halogens is 1. The average molecular weight is 432 g/mol. The minimum absolute atomic E-state index is 0.0111. The van der Waals surface area contributed by atoms with Crippen LogP contribution in [0.25, 0.3) is 10.1 Å². The number of carbonyl (C=O) groups is 1. The second-order valence-corrected chi connectivity index (χ2v) is 8.33. The molecule has 1 N–H and O–H groups in total. The second-order valence-electron chi connectivity index (χ2n) is 6.25. The van der Waals surface area contributed by atoms with Crippen LogP contribution in [0.3, 0.4) is 0 Å². The molecule has 26 heavy (non-hydrogen) atoms. The molecule has 1 heterocycles. The van der Waals surface area contributed by atoms with Crippen molar-refractivity contribution in [3.8, 4) is 0 Å². The number of fused-ring (bicyclic) bond motifs is 1. The SMILES string of the molecule is CO[C@@H](CNC(=O)CCc1cc2cc(Br)ccc2s1)Cc1ccccc1. The fourth-order valence-corrected chi connectivity index (χ4v) is 4.28. The van der Waals surface area contributed by atoms with Crippen molar-refractivity contribution in [3.05, 3.63) is 69.5 Å². The van der Waals surface area contributed by atoms with Gasteiger partial charge in [0, 0.05) is 40.5 Å². The largest absolute Gasteiger partial charge is 0.379 e. The molecule has 0 saturated carbocycles. The standard InChI is InChI=1S/C21H22BrNO2S/c1-25-18(11-15-5-3-2-4-6-15)14-23-21(24)10-8-19-13-16-12-17(22)7-9-20(16)26-19/h2-7,9,12-13,18H,8,10-11,14H2,1H3,(H,23,24)/t18-/m1/s1. The Morgan fingerprint density at radius 1 is 1.19 bits per heavy atom. The van der Waals surface area contributed by atoms with E-state index < -0.39 is 0 Å². The summed E-state index contributed by atoms with van der Waals surface area (Å²) in [6.45, 7) is 0.531. The van der Waals surface area contributed by atoms with Crippen molar-refractivity contribution < 1.29 is 9.53 Å². The molecule has 0 aliphatic heterocycles. The highest BCUT2D eigenvalue weighted by atomic mass is 79.9. The topological polar surface area (TPSA) is 38.3 Å². The Hall–Kier alpha value is -1.69. The van der Waals surface area contributed by atoms with Crippen LogP contribution in [-0.4, -0.2) is 25.7 Å². The maximum absolute atomic E-state index is 12.2. The lowest BCUT2D eigenvalue weighted by molar-refractivity contribution is -0.121. The van der Waals surface area contributed by atoms with E-state index >= 15 is 0 Å². The van der Waals surface area contributed by atoms with Gasteiger partial charge in [-0.1, -0.05) is 46.3 Å². The molecule has 0 aliphatic rings. The molecular weight excluding hydrogens is 410 g/mol. The van der Waals surface area contributed by atoms with E-state index in [0.717, 1.165) is 17.3 Å². The van der Waals surface area contributed by atoms with Crippen LogP contribution in [0.4, 0.5) is 0 Å². The monoisotopic (exact) mass is 431 g/mol. The molecule has 3 aromatic rings. The van der Waals surface area contributed by atoms with Crippen LogP contribution in [0, 0.1) is 0 Å². The lowest BCUT2D eigenvalue weighted by atomic mass is 10.1. The van der Waals surface area contributed by atoms with Crippen molar-refractivity contribution in [2.75, 3.05) is 13.7 Å². The summed E-state index contributed by atoms with van der Waals surface area (Å²) in [4.78, 5) is 13.4. The van der Waals surface area contributed by atoms with Crippen molar-refractivity contribution in [1.29, 1.82) is 0 Å². The lowest BCUT2D eigenvalue weighted by Gasteiger charge is -2.16. The molecule has 1 amide bonds. The molecule has 0 spiro atoms. The summed E-state index contributed by atoms with van der Waals surface area (Å²) in [5.74, 6) is 0.0683. The zero-order valence-electron chi connectivity index (χ0n) is 14.7. The summed E-state index contributed by atoms with van der Waals surface area (Å²) < 4.78 is 7.84. The Balaban J connectivity index is 1.46. The van der Waals surface area contributed by atoms with Crippen LogP contribution >= 0.6 is 27.3 Å². The Morgan fingerprint density at radius 3 is 2.77 bits per heavy atom. The molecule has 0 bridgehead atoms. The number of benzene rings is 2. The van der Waals surface area contributed by atoms with Crippen LogP contribution in [0.2, 0.25) is 0 Å². The van der Waals surface area contributed by atoms with Gasteiger partial charge in [-0.05, 0) is 41.6 Å². The smallest absolute Gasteiger partial charge is 0.220 e. The van der Waals surface area contributed by atoms with E-state index in [0.29, 0.717) is 13.0 Å². The number of methoxy groups -OCH3 is 1. The summed E-state index contributed by atoms with van der Waals surface area (Å²) in [7, 11) is 1.69. The molecule has 1 atom stereocenters. The number of hydrogen-bond donors (Lipinski definition) is 1. The number of amides is 1. The van der Waals surface area contributed by atoms with Gasteiger partial charge in [0.2, 0.25) is 5.91 Å². The maximum atomic E-state index is 12.2. The Bertz CT molecular complexity index is 863. The summed E-state index contributed by atoms with van der Waals surface area (Å²) in [5.41, 5.74) is 1.21. The first kappa shape index (κ1) is 19.1. The van der Waals surface area contributed by atoms with Crippen molar-refractivity contribution in [2.45, 2.75) is 25.4 Å². The van der Waals surface area contributed by atoms with Crippen molar-refractivity contribution in [1.82, 2.24) is 5.32 Å².